The Morgan fingerprint density at radius 1 is 1.60 bits per heavy atom. The van der Waals surface area contributed by atoms with Gasteiger partial charge in [-0.2, -0.15) is 0 Å². The molecule has 0 radical (unpaired) electrons. The predicted molar refractivity (Wildman–Crippen MR) is 72.2 cm³/mol. The number of nitrogens with zero attached hydrogens (tertiary/aromatic N) is 1. The highest BCUT2D eigenvalue weighted by Crippen LogP contribution is 2.20. The molecule has 0 bridgehead atoms. The Kier molecular flexibility index (Phi) is 4.57. The second-order valence-corrected chi connectivity index (χ2v) is 4.84. The van der Waals surface area contributed by atoms with Gasteiger partial charge in [-0.15, -0.1) is 0 Å². The monoisotopic (exact) mass is 282 g/mol. The van der Waals surface area contributed by atoms with Crippen molar-refractivity contribution in [3.8, 4) is 5.75 Å². The summed E-state index contributed by atoms with van der Waals surface area (Å²) < 4.78 is 24.4. The Hall–Kier alpha value is -1.66. The third-order valence-electron chi connectivity index (χ3n) is 3.44. The minimum absolute atomic E-state index is 0.0373. The van der Waals surface area contributed by atoms with Crippen molar-refractivity contribution in [2.24, 2.45) is 5.73 Å². The van der Waals surface area contributed by atoms with Gasteiger partial charge in [-0.3, -0.25) is 4.79 Å². The van der Waals surface area contributed by atoms with Crippen molar-refractivity contribution in [1.82, 2.24) is 4.90 Å². The molecule has 110 valence electrons. The summed E-state index contributed by atoms with van der Waals surface area (Å²) in [6.07, 6.45) is -0.198. The van der Waals surface area contributed by atoms with E-state index in [1.54, 1.807) is 11.0 Å². The van der Waals surface area contributed by atoms with Crippen LogP contribution in [0.3, 0.4) is 0 Å². The summed E-state index contributed by atoms with van der Waals surface area (Å²) in [6, 6.07) is 4.11. The summed E-state index contributed by atoms with van der Waals surface area (Å²) in [6.45, 7) is 2.99. The highest BCUT2D eigenvalue weighted by atomic mass is 19.1. The third-order valence-corrected chi connectivity index (χ3v) is 3.44. The van der Waals surface area contributed by atoms with E-state index in [1.165, 1.54) is 19.2 Å². The number of halogens is 1. The third kappa shape index (κ3) is 2.91. The van der Waals surface area contributed by atoms with Gasteiger partial charge in [-0.05, 0) is 19.1 Å². The Labute approximate surface area is 117 Å². The van der Waals surface area contributed by atoms with Crippen LogP contribution in [0.15, 0.2) is 18.2 Å². The van der Waals surface area contributed by atoms with Crippen molar-refractivity contribution in [2.45, 2.75) is 19.1 Å². The number of nitrogens with two attached hydrogens (primary N) is 1. The van der Waals surface area contributed by atoms with Crippen LogP contribution >= 0.6 is 0 Å². The summed E-state index contributed by atoms with van der Waals surface area (Å²) in [4.78, 5) is 14.0. The van der Waals surface area contributed by atoms with Crippen LogP contribution in [0.4, 0.5) is 4.39 Å². The van der Waals surface area contributed by atoms with E-state index in [9.17, 15) is 9.18 Å². The molecule has 6 heteroatoms. The molecule has 2 N–H and O–H groups in total. The predicted octanol–water partition coefficient (Wildman–Crippen LogP) is 1.02. The number of rotatable bonds is 3. The first kappa shape index (κ1) is 14.7. The molecule has 2 unspecified atom stereocenters. The number of morpholine rings is 1. The SMILES string of the molecule is COc1ccc(C(=O)N2CC(CN)OCC2C)c(F)c1. The van der Waals surface area contributed by atoms with Gasteiger partial charge >= 0.3 is 0 Å². The minimum Gasteiger partial charge on any atom is -0.497 e. The fraction of sp³-hybridized carbons (Fsp3) is 0.500. The Morgan fingerprint density at radius 2 is 2.35 bits per heavy atom. The molecule has 1 aliphatic rings. The number of hydrogen-bond donors (Lipinski definition) is 1. The number of carbonyl (C=O) groups excluding carboxylic acids is 1. The standard InChI is InChI=1S/C14H19FN2O3/c1-9-8-20-11(6-16)7-17(9)14(18)12-4-3-10(19-2)5-13(12)15/h3-5,9,11H,6-8,16H2,1-2H3. The molecule has 1 saturated heterocycles. The molecule has 1 heterocycles. The van der Waals surface area contributed by atoms with E-state index in [-0.39, 0.29) is 23.6 Å². The van der Waals surface area contributed by atoms with Crippen LogP contribution in [0.25, 0.3) is 0 Å². The minimum atomic E-state index is -0.586. The lowest BCUT2D eigenvalue weighted by atomic mass is 10.1. The van der Waals surface area contributed by atoms with E-state index < -0.39 is 5.82 Å². The molecule has 2 rings (SSSR count). The normalized spacial score (nSPS) is 22.7. The molecular weight excluding hydrogens is 263 g/mol. The average Bonchev–Trinajstić information content (AvgIpc) is 2.47. The maximum absolute atomic E-state index is 14.0. The van der Waals surface area contributed by atoms with Crippen LogP contribution in [0.5, 0.6) is 5.75 Å². The molecule has 1 amide bonds. The Morgan fingerprint density at radius 3 is 2.95 bits per heavy atom. The number of carbonyl (C=O) groups is 1. The van der Waals surface area contributed by atoms with Gasteiger partial charge in [0, 0.05) is 19.2 Å². The molecule has 0 spiro atoms. The van der Waals surface area contributed by atoms with E-state index in [4.69, 9.17) is 15.2 Å². The lowest BCUT2D eigenvalue weighted by molar-refractivity contribution is -0.0427. The van der Waals surface area contributed by atoms with Crippen molar-refractivity contribution in [3.05, 3.63) is 29.6 Å². The number of hydrogen-bond acceptors (Lipinski definition) is 4. The van der Waals surface area contributed by atoms with Crippen LogP contribution in [-0.2, 0) is 4.74 Å². The lowest BCUT2D eigenvalue weighted by Crippen LogP contribution is -2.53. The van der Waals surface area contributed by atoms with Crippen LogP contribution in [0, 0.1) is 5.82 Å². The average molecular weight is 282 g/mol. The van der Waals surface area contributed by atoms with E-state index in [1.807, 2.05) is 6.92 Å². The van der Waals surface area contributed by atoms with Gasteiger partial charge in [0.25, 0.3) is 5.91 Å². The molecule has 1 aliphatic heterocycles. The molecule has 1 aromatic rings. The molecule has 1 fully saturated rings. The van der Waals surface area contributed by atoms with Crippen LogP contribution < -0.4 is 10.5 Å². The number of benzene rings is 1. The van der Waals surface area contributed by atoms with Gasteiger partial charge in [0.1, 0.15) is 11.6 Å². The van der Waals surface area contributed by atoms with Gasteiger partial charge in [0.2, 0.25) is 0 Å². The van der Waals surface area contributed by atoms with Crippen molar-refractivity contribution in [1.29, 1.82) is 0 Å². The summed E-state index contributed by atoms with van der Waals surface area (Å²) in [5, 5.41) is 0. The first-order chi connectivity index (χ1) is 9.56. The van der Waals surface area contributed by atoms with Crippen LogP contribution in [0.1, 0.15) is 17.3 Å². The van der Waals surface area contributed by atoms with Crippen molar-refractivity contribution < 1.29 is 18.7 Å². The fourth-order valence-corrected chi connectivity index (χ4v) is 2.19. The largest absolute Gasteiger partial charge is 0.497 e. The molecule has 0 aliphatic carbocycles. The van der Waals surface area contributed by atoms with E-state index in [0.29, 0.717) is 25.4 Å². The lowest BCUT2D eigenvalue weighted by Gasteiger charge is -2.37. The summed E-state index contributed by atoms with van der Waals surface area (Å²) in [5.74, 6) is -0.550. The quantitative estimate of drug-likeness (QED) is 0.899. The number of ether oxygens (including phenoxy) is 2. The van der Waals surface area contributed by atoms with Gasteiger partial charge in [-0.25, -0.2) is 4.39 Å². The highest BCUT2D eigenvalue weighted by molar-refractivity contribution is 5.95. The molecule has 0 saturated carbocycles. The maximum Gasteiger partial charge on any atom is 0.257 e. The first-order valence-corrected chi connectivity index (χ1v) is 6.53. The summed E-state index contributed by atoms with van der Waals surface area (Å²) in [5.41, 5.74) is 5.60. The molecule has 2 atom stereocenters. The van der Waals surface area contributed by atoms with E-state index in [2.05, 4.69) is 0 Å². The fourth-order valence-electron chi connectivity index (χ4n) is 2.19. The zero-order chi connectivity index (χ0) is 14.7. The number of methoxy groups -OCH3 is 1. The summed E-state index contributed by atoms with van der Waals surface area (Å²) in [7, 11) is 1.45. The van der Waals surface area contributed by atoms with Gasteiger partial charge in [-0.1, -0.05) is 0 Å². The van der Waals surface area contributed by atoms with Crippen molar-refractivity contribution in [2.75, 3.05) is 26.8 Å². The van der Waals surface area contributed by atoms with Crippen molar-refractivity contribution in [3.63, 3.8) is 0 Å². The topological polar surface area (TPSA) is 64.8 Å². The van der Waals surface area contributed by atoms with E-state index in [0.717, 1.165) is 0 Å². The molecule has 5 nitrogen and oxygen atoms in total. The molecular formula is C14H19FN2O3. The van der Waals surface area contributed by atoms with Crippen LogP contribution in [0.2, 0.25) is 0 Å². The Bertz CT molecular complexity index is 495. The second kappa shape index (κ2) is 6.19. The number of amides is 1. The van der Waals surface area contributed by atoms with Crippen LogP contribution in [-0.4, -0.2) is 49.8 Å². The highest BCUT2D eigenvalue weighted by Gasteiger charge is 2.30. The summed E-state index contributed by atoms with van der Waals surface area (Å²) >= 11 is 0. The molecule has 20 heavy (non-hydrogen) atoms. The zero-order valence-corrected chi connectivity index (χ0v) is 11.6. The first-order valence-electron chi connectivity index (χ1n) is 6.53. The molecule has 1 aromatic carbocycles. The van der Waals surface area contributed by atoms with Gasteiger partial charge < -0.3 is 20.1 Å². The van der Waals surface area contributed by atoms with Gasteiger partial charge in [0.15, 0.2) is 0 Å². The smallest absolute Gasteiger partial charge is 0.257 e. The second-order valence-electron chi connectivity index (χ2n) is 4.84. The molecule has 0 aromatic heterocycles. The van der Waals surface area contributed by atoms with Gasteiger partial charge in [0.05, 0.1) is 31.4 Å². The zero-order valence-electron chi connectivity index (χ0n) is 11.6. The van der Waals surface area contributed by atoms with Crippen molar-refractivity contribution >= 4 is 5.91 Å². The Balaban J connectivity index is 2.21. The maximum atomic E-state index is 14.0. The van der Waals surface area contributed by atoms with E-state index >= 15 is 0 Å².